The summed E-state index contributed by atoms with van der Waals surface area (Å²) in [6.45, 7) is 0. The van der Waals surface area contributed by atoms with E-state index in [1.807, 2.05) is 0 Å². The molecule has 0 spiro atoms. The van der Waals surface area contributed by atoms with Gasteiger partial charge < -0.3 is 5.32 Å². The summed E-state index contributed by atoms with van der Waals surface area (Å²) in [6, 6.07) is 7.36. The second-order valence-corrected chi connectivity index (χ2v) is 7.27. The number of carbonyl (C=O) groups is 1. The van der Waals surface area contributed by atoms with Gasteiger partial charge in [0.1, 0.15) is 5.69 Å². The first-order valence-corrected chi connectivity index (χ1v) is 8.34. The van der Waals surface area contributed by atoms with Crippen molar-refractivity contribution in [2.24, 2.45) is 7.05 Å². The highest BCUT2D eigenvalue weighted by Crippen LogP contribution is 2.40. The molecular weight excluding hydrogens is 334 g/mol. The molecule has 0 bridgehead atoms. The third-order valence-electron chi connectivity index (χ3n) is 3.80. The minimum absolute atomic E-state index is 0.0793. The summed E-state index contributed by atoms with van der Waals surface area (Å²) >= 11 is 0. The van der Waals surface area contributed by atoms with Crippen LogP contribution in [0.3, 0.4) is 0 Å². The number of hydrogen-bond acceptors (Lipinski definition) is 5. The summed E-state index contributed by atoms with van der Waals surface area (Å²) in [6.07, 6.45) is 0. The molecule has 24 heavy (non-hydrogen) atoms. The Balaban J connectivity index is 1.90. The summed E-state index contributed by atoms with van der Waals surface area (Å²) < 4.78 is 27.6. The summed E-state index contributed by atoms with van der Waals surface area (Å²) in [4.78, 5) is 23.5. The zero-order valence-corrected chi connectivity index (χ0v) is 14.0. The molecule has 2 aromatic rings. The van der Waals surface area contributed by atoms with Crippen LogP contribution in [0.1, 0.15) is 10.5 Å². The maximum atomic E-state index is 12.2. The Hall–Kier alpha value is -2.88. The average Bonchev–Trinajstić information content (AvgIpc) is 2.71. The van der Waals surface area contributed by atoms with Crippen molar-refractivity contribution in [3.05, 3.63) is 46.4 Å². The van der Waals surface area contributed by atoms with Crippen molar-refractivity contribution >= 4 is 33.2 Å². The number of nitrogens with zero attached hydrogens (tertiary/aromatic N) is 4. The molecule has 0 atom stereocenters. The van der Waals surface area contributed by atoms with Crippen molar-refractivity contribution in [3.63, 3.8) is 0 Å². The van der Waals surface area contributed by atoms with Gasteiger partial charge in [-0.15, -0.1) is 0 Å². The molecule has 10 heteroatoms. The molecule has 0 saturated heterocycles. The van der Waals surface area contributed by atoms with Crippen molar-refractivity contribution in [2.45, 2.75) is 0 Å². The van der Waals surface area contributed by atoms with E-state index in [2.05, 4.69) is 10.4 Å². The Bertz CT molecular complexity index is 998. The van der Waals surface area contributed by atoms with E-state index in [4.69, 9.17) is 0 Å². The SMILES string of the molecule is CN1c2ccc(NC(=O)c3ccc(=O)n(C)n3)cc2N(C)S1(=O)=O. The Morgan fingerprint density at radius 2 is 1.71 bits per heavy atom. The molecule has 0 fully saturated rings. The van der Waals surface area contributed by atoms with E-state index in [1.54, 1.807) is 18.2 Å². The van der Waals surface area contributed by atoms with Crippen molar-refractivity contribution in [1.29, 1.82) is 0 Å². The number of carbonyl (C=O) groups excluding carboxylic acids is 1. The first-order valence-electron chi connectivity index (χ1n) is 6.94. The van der Waals surface area contributed by atoms with Gasteiger partial charge in [0, 0.05) is 32.9 Å². The maximum Gasteiger partial charge on any atom is 0.326 e. The van der Waals surface area contributed by atoms with Gasteiger partial charge in [0.15, 0.2) is 0 Å². The number of aromatic nitrogens is 2. The van der Waals surface area contributed by atoms with E-state index in [9.17, 15) is 18.0 Å². The quantitative estimate of drug-likeness (QED) is 0.832. The van der Waals surface area contributed by atoms with Crippen molar-refractivity contribution in [1.82, 2.24) is 9.78 Å². The molecule has 9 nitrogen and oxygen atoms in total. The van der Waals surface area contributed by atoms with E-state index in [1.165, 1.54) is 37.6 Å². The van der Waals surface area contributed by atoms with Crippen LogP contribution >= 0.6 is 0 Å². The van der Waals surface area contributed by atoms with Gasteiger partial charge in [-0.1, -0.05) is 0 Å². The largest absolute Gasteiger partial charge is 0.326 e. The third kappa shape index (κ3) is 2.40. The van der Waals surface area contributed by atoms with Crippen molar-refractivity contribution < 1.29 is 13.2 Å². The third-order valence-corrected chi connectivity index (χ3v) is 5.57. The Kier molecular flexibility index (Phi) is 3.56. The first kappa shape index (κ1) is 16.0. The topological polar surface area (TPSA) is 105 Å². The zero-order chi connectivity index (χ0) is 17.6. The highest BCUT2D eigenvalue weighted by atomic mass is 32.2. The standard InChI is InChI=1S/C14H15N5O4S/c1-17-13(20)7-5-10(16-17)14(21)15-9-4-6-11-12(8-9)19(3)24(22,23)18(11)2/h4-8H,1-3H3,(H,15,21). The van der Waals surface area contributed by atoms with Gasteiger partial charge in [-0.25, -0.2) is 4.68 Å². The lowest BCUT2D eigenvalue weighted by Crippen LogP contribution is -2.32. The number of fused-ring (bicyclic) bond motifs is 1. The van der Waals surface area contributed by atoms with Gasteiger partial charge in [0.2, 0.25) is 0 Å². The summed E-state index contributed by atoms with van der Waals surface area (Å²) in [5.41, 5.74) is 1.17. The minimum atomic E-state index is -3.57. The van der Waals surface area contributed by atoms with Crippen LogP contribution in [0.15, 0.2) is 35.1 Å². The predicted molar refractivity (Wildman–Crippen MR) is 89.6 cm³/mol. The fraction of sp³-hybridized carbons (Fsp3) is 0.214. The molecule has 1 amide bonds. The molecule has 1 N–H and O–H groups in total. The maximum absolute atomic E-state index is 12.2. The Morgan fingerprint density at radius 1 is 1.04 bits per heavy atom. The lowest BCUT2D eigenvalue weighted by molar-refractivity contribution is 0.102. The second kappa shape index (κ2) is 5.34. The fourth-order valence-electron chi connectivity index (χ4n) is 2.37. The molecule has 0 unspecified atom stereocenters. The number of benzene rings is 1. The second-order valence-electron chi connectivity index (χ2n) is 5.28. The van der Waals surface area contributed by atoms with E-state index in [0.717, 1.165) is 8.99 Å². The highest BCUT2D eigenvalue weighted by Gasteiger charge is 2.35. The molecule has 1 aliphatic heterocycles. The van der Waals surface area contributed by atoms with Gasteiger partial charge >= 0.3 is 10.2 Å². The van der Waals surface area contributed by atoms with Gasteiger partial charge in [-0.05, 0) is 24.3 Å². The van der Waals surface area contributed by atoms with E-state index in [0.29, 0.717) is 17.1 Å². The van der Waals surface area contributed by atoms with Gasteiger partial charge in [0.05, 0.1) is 11.4 Å². The minimum Gasteiger partial charge on any atom is -0.321 e. The van der Waals surface area contributed by atoms with Crippen molar-refractivity contribution in [2.75, 3.05) is 28.0 Å². The summed E-state index contributed by atoms with van der Waals surface area (Å²) in [5, 5.41) is 6.51. The zero-order valence-electron chi connectivity index (χ0n) is 13.2. The van der Waals surface area contributed by atoms with Crippen LogP contribution in [-0.2, 0) is 17.3 Å². The number of hydrogen-bond donors (Lipinski definition) is 1. The van der Waals surface area contributed by atoms with Gasteiger partial charge in [0.25, 0.3) is 11.5 Å². The summed E-state index contributed by atoms with van der Waals surface area (Å²) in [5.74, 6) is -0.498. The van der Waals surface area contributed by atoms with Crippen LogP contribution in [0.2, 0.25) is 0 Å². The van der Waals surface area contributed by atoms with Gasteiger partial charge in [-0.3, -0.25) is 18.2 Å². The number of anilines is 3. The summed E-state index contributed by atoms with van der Waals surface area (Å²) in [7, 11) is 0.786. The number of aryl methyl sites for hydroxylation is 1. The smallest absolute Gasteiger partial charge is 0.321 e. The molecule has 1 aromatic heterocycles. The number of rotatable bonds is 2. The normalized spacial score (nSPS) is 15.3. The van der Waals surface area contributed by atoms with Gasteiger partial charge in [-0.2, -0.15) is 13.5 Å². The van der Waals surface area contributed by atoms with Crippen LogP contribution in [0.4, 0.5) is 17.1 Å². The number of nitrogens with one attached hydrogen (secondary N) is 1. The molecular formula is C14H15N5O4S. The van der Waals surface area contributed by atoms with Crippen LogP contribution in [-0.4, -0.2) is 38.2 Å². The fourth-order valence-corrected chi connectivity index (χ4v) is 3.54. The van der Waals surface area contributed by atoms with E-state index < -0.39 is 16.1 Å². The van der Waals surface area contributed by atoms with Crippen LogP contribution < -0.4 is 19.5 Å². The van der Waals surface area contributed by atoms with E-state index in [-0.39, 0.29) is 11.3 Å². The highest BCUT2D eigenvalue weighted by molar-refractivity contribution is 7.94. The Morgan fingerprint density at radius 3 is 2.38 bits per heavy atom. The molecule has 0 aliphatic carbocycles. The predicted octanol–water partition coefficient (Wildman–Crippen LogP) is 0.163. The van der Waals surface area contributed by atoms with Crippen LogP contribution in [0.25, 0.3) is 0 Å². The van der Waals surface area contributed by atoms with E-state index >= 15 is 0 Å². The molecule has 3 rings (SSSR count). The number of amides is 1. The van der Waals surface area contributed by atoms with Crippen molar-refractivity contribution in [3.8, 4) is 0 Å². The molecule has 1 aromatic carbocycles. The lowest BCUT2D eigenvalue weighted by atomic mass is 10.2. The molecule has 2 heterocycles. The molecule has 126 valence electrons. The average molecular weight is 349 g/mol. The first-order chi connectivity index (χ1) is 11.2. The monoisotopic (exact) mass is 349 g/mol. The molecule has 1 aliphatic rings. The lowest BCUT2D eigenvalue weighted by Gasteiger charge is -2.13. The molecule has 0 radical (unpaired) electrons. The van der Waals surface area contributed by atoms with Crippen LogP contribution in [0.5, 0.6) is 0 Å². The van der Waals surface area contributed by atoms with Crippen LogP contribution in [0, 0.1) is 0 Å². The molecule has 0 saturated carbocycles. The Labute approximate surface area is 138 Å².